The molecule has 1 aromatic rings. The zero-order valence-electron chi connectivity index (χ0n) is 12.9. The van der Waals surface area contributed by atoms with Crippen LogP contribution < -0.4 is 5.32 Å². The summed E-state index contributed by atoms with van der Waals surface area (Å²) in [5.41, 5.74) is 0.912. The predicted octanol–water partition coefficient (Wildman–Crippen LogP) is 2.71. The summed E-state index contributed by atoms with van der Waals surface area (Å²) in [4.78, 5) is 6.62. The molecule has 0 bridgehead atoms. The van der Waals surface area contributed by atoms with Crippen molar-refractivity contribution >= 4 is 0 Å². The molecule has 4 atom stereocenters. The number of halogens is 1. The Hall–Kier alpha value is -1.00. The fourth-order valence-electron chi connectivity index (χ4n) is 3.02. The van der Waals surface area contributed by atoms with Crippen molar-refractivity contribution < 1.29 is 4.39 Å². The lowest BCUT2D eigenvalue weighted by atomic mass is 9.97. The van der Waals surface area contributed by atoms with Crippen LogP contribution in [0.25, 0.3) is 0 Å². The van der Waals surface area contributed by atoms with E-state index in [1.165, 1.54) is 25.2 Å². The maximum atomic E-state index is 13.0. The fraction of sp³-hybridized carbons (Fsp3) is 0.688. The molecule has 0 amide bonds. The third-order valence-electron chi connectivity index (χ3n) is 4.37. The molecule has 112 valence electrons. The van der Waals surface area contributed by atoms with Gasteiger partial charge in [0.05, 0.1) is 17.9 Å². The smallest absolute Gasteiger partial charge is 0.141 e. The first-order valence-electron chi connectivity index (χ1n) is 7.48. The average molecular weight is 279 g/mol. The van der Waals surface area contributed by atoms with Gasteiger partial charge in [0.1, 0.15) is 5.82 Å². The van der Waals surface area contributed by atoms with E-state index in [1.54, 1.807) is 6.07 Å². The third-order valence-corrected chi connectivity index (χ3v) is 4.37. The number of nitrogens with one attached hydrogen (secondary N) is 1. The highest BCUT2D eigenvalue weighted by molar-refractivity contribution is 5.10. The summed E-state index contributed by atoms with van der Waals surface area (Å²) in [5.74, 6) is 1.92. The third kappa shape index (κ3) is 4.00. The van der Waals surface area contributed by atoms with Gasteiger partial charge >= 0.3 is 0 Å². The first kappa shape index (κ1) is 15.4. The van der Waals surface area contributed by atoms with Gasteiger partial charge in [0.25, 0.3) is 0 Å². The largest absolute Gasteiger partial charge is 0.311 e. The van der Waals surface area contributed by atoms with E-state index in [2.05, 4.69) is 36.1 Å². The summed E-state index contributed by atoms with van der Waals surface area (Å²) >= 11 is 0. The molecule has 0 aliphatic heterocycles. The minimum Gasteiger partial charge on any atom is -0.311 e. The summed E-state index contributed by atoms with van der Waals surface area (Å²) in [6.07, 6.45) is 2.66. The molecule has 4 unspecified atom stereocenters. The van der Waals surface area contributed by atoms with Crippen LogP contribution in [-0.2, 0) is 0 Å². The molecule has 0 spiro atoms. The van der Waals surface area contributed by atoms with E-state index in [0.717, 1.165) is 24.1 Å². The summed E-state index contributed by atoms with van der Waals surface area (Å²) in [6.45, 7) is 6.74. The molecule has 1 aliphatic carbocycles. The standard InChI is InChI=1S/C16H26FN3/c1-11-7-13(11)10-20(4)9-12(2)16(18-3)15-6-5-14(17)8-19-15/h5-6,8,11-13,16,18H,7,9-10H2,1-4H3. The van der Waals surface area contributed by atoms with E-state index in [1.807, 2.05) is 7.05 Å². The van der Waals surface area contributed by atoms with Crippen molar-refractivity contribution in [3.05, 3.63) is 29.8 Å². The highest BCUT2D eigenvalue weighted by Crippen LogP contribution is 2.38. The summed E-state index contributed by atoms with van der Waals surface area (Å²) < 4.78 is 13.0. The van der Waals surface area contributed by atoms with Gasteiger partial charge in [-0.3, -0.25) is 4.98 Å². The van der Waals surface area contributed by atoms with Crippen LogP contribution in [0, 0.1) is 23.6 Å². The van der Waals surface area contributed by atoms with Crippen molar-refractivity contribution in [2.75, 3.05) is 27.2 Å². The molecule has 1 aromatic heterocycles. The molecule has 0 radical (unpaired) electrons. The van der Waals surface area contributed by atoms with Gasteiger partial charge in [-0.15, -0.1) is 0 Å². The minimum atomic E-state index is -0.281. The first-order chi connectivity index (χ1) is 9.51. The Morgan fingerprint density at radius 3 is 2.70 bits per heavy atom. The van der Waals surface area contributed by atoms with Gasteiger partial charge in [0.15, 0.2) is 0 Å². The van der Waals surface area contributed by atoms with Crippen LogP contribution in [0.5, 0.6) is 0 Å². The first-order valence-corrected chi connectivity index (χ1v) is 7.48. The Bertz CT molecular complexity index is 420. The van der Waals surface area contributed by atoms with E-state index in [0.29, 0.717) is 5.92 Å². The molecule has 3 nitrogen and oxygen atoms in total. The Kier molecular flexibility index (Phi) is 5.11. The van der Waals surface area contributed by atoms with Crippen LogP contribution in [0.3, 0.4) is 0 Å². The lowest BCUT2D eigenvalue weighted by molar-refractivity contribution is 0.240. The highest BCUT2D eigenvalue weighted by atomic mass is 19.1. The summed E-state index contributed by atoms with van der Waals surface area (Å²) in [6, 6.07) is 3.42. The molecule has 0 saturated heterocycles. The number of nitrogens with zero attached hydrogens (tertiary/aromatic N) is 2. The van der Waals surface area contributed by atoms with Gasteiger partial charge in [0.2, 0.25) is 0 Å². The number of hydrogen-bond acceptors (Lipinski definition) is 3. The lowest BCUT2D eigenvalue weighted by Gasteiger charge is -2.27. The maximum absolute atomic E-state index is 13.0. The van der Waals surface area contributed by atoms with Crippen molar-refractivity contribution in [3.63, 3.8) is 0 Å². The van der Waals surface area contributed by atoms with Crippen molar-refractivity contribution in [2.24, 2.45) is 17.8 Å². The van der Waals surface area contributed by atoms with Crippen LogP contribution in [0.1, 0.15) is 32.0 Å². The number of aromatic nitrogens is 1. The van der Waals surface area contributed by atoms with Crippen molar-refractivity contribution in [1.82, 2.24) is 15.2 Å². The molecule has 4 heteroatoms. The van der Waals surface area contributed by atoms with Crippen LogP contribution in [0.4, 0.5) is 4.39 Å². The number of rotatable bonds is 7. The molecular formula is C16H26FN3. The topological polar surface area (TPSA) is 28.2 Å². The molecule has 1 aliphatic rings. The monoisotopic (exact) mass is 279 g/mol. The molecule has 2 rings (SSSR count). The summed E-state index contributed by atoms with van der Waals surface area (Å²) in [5, 5.41) is 3.31. The quantitative estimate of drug-likeness (QED) is 0.832. The van der Waals surface area contributed by atoms with Crippen LogP contribution >= 0.6 is 0 Å². The Balaban J connectivity index is 1.90. The van der Waals surface area contributed by atoms with Crippen LogP contribution in [0.2, 0.25) is 0 Å². The second-order valence-electron chi connectivity index (χ2n) is 6.34. The molecule has 1 fully saturated rings. The molecule has 0 aromatic carbocycles. The SMILES string of the molecule is CNC(c1ccc(F)cn1)C(C)CN(C)CC1CC1C. The molecular weight excluding hydrogens is 253 g/mol. The van der Waals surface area contributed by atoms with Gasteiger partial charge in [-0.25, -0.2) is 4.39 Å². The summed E-state index contributed by atoms with van der Waals surface area (Å²) in [7, 11) is 4.13. The highest BCUT2D eigenvalue weighted by Gasteiger charge is 2.33. The number of pyridine rings is 1. The zero-order valence-corrected chi connectivity index (χ0v) is 12.9. The molecule has 1 N–H and O–H groups in total. The van der Waals surface area contributed by atoms with Crippen molar-refractivity contribution in [2.45, 2.75) is 26.3 Å². The van der Waals surface area contributed by atoms with Gasteiger partial charge in [-0.1, -0.05) is 13.8 Å². The lowest BCUT2D eigenvalue weighted by Crippen LogP contribution is -2.34. The predicted molar refractivity (Wildman–Crippen MR) is 79.9 cm³/mol. The van der Waals surface area contributed by atoms with E-state index in [9.17, 15) is 4.39 Å². The van der Waals surface area contributed by atoms with Crippen molar-refractivity contribution in [1.29, 1.82) is 0 Å². The maximum Gasteiger partial charge on any atom is 0.141 e. The van der Waals surface area contributed by atoms with E-state index < -0.39 is 0 Å². The molecule has 1 saturated carbocycles. The second kappa shape index (κ2) is 6.64. The molecule has 1 heterocycles. The second-order valence-corrected chi connectivity index (χ2v) is 6.34. The zero-order chi connectivity index (χ0) is 14.7. The van der Waals surface area contributed by atoms with Gasteiger partial charge < -0.3 is 10.2 Å². The Morgan fingerprint density at radius 1 is 1.50 bits per heavy atom. The van der Waals surface area contributed by atoms with E-state index in [4.69, 9.17) is 0 Å². The van der Waals surface area contributed by atoms with Crippen LogP contribution in [-0.4, -0.2) is 37.1 Å². The van der Waals surface area contributed by atoms with E-state index in [-0.39, 0.29) is 11.9 Å². The van der Waals surface area contributed by atoms with Crippen LogP contribution in [0.15, 0.2) is 18.3 Å². The van der Waals surface area contributed by atoms with Gasteiger partial charge in [-0.2, -0.15) is 0 Å². The minimum absolute atomic E-state index is 0.162. The van der Waals surface area contributed by atoms with Gasteiger partial charge in [0, 0.05) is 13.1 Å². The average Bonchev–Trinajstić information content (AvgIpc) is 3.07. The van der Waals surface area contributed by atoms with Gasteiger partial charge in [-0.05, 0) is 50.4 Å². The van der Waals surface area contributed by atoms with E-state index >= 15 is 0 Å². The normalized spacial score (nSPS) is 24.7. The molecule has 20 heavy (non-hydrogen) atoms. The fourth-order valence-corrected chi connectivity index (χ4v) is 3.02. The number of hydrogen-bond donors (Lipinski definition) is 1. The Labute approximate surface area is 121 Å². The van der Waals surface area contributed by atoms with Crippen molar-refractivity contribution in [3.8, 4) is 0 Å². The Morgan fingerprint density at radius 2 is 2.20 bits per heavy atom.